The summed E-state index contributed by atoms with van der Waals surface area (Å²) < 4.78 is 11.7. The molecule has 0 fully saturated rings. The van der Waals surface area contributed by atoms with Gasteiger partial charge in [-0.2, -0.15) is 10.2 Å². The van der Waals surface area contributed by atoms with Crippen molar-refractivity contribution in [1.82, 2.24) is 20.0 Å². The molecule has 0 saturated heterocycles. The summed E-state index contributed by atoms with van der Waals surface area (Å²) >= 11 is 0. The van der Waals surface area contributed by atoms with Gasteiger partial charge in [0.1, 0.15) is 12.4 Å². The average molecular weight is 287 g/mol. The zero-order valence-corrected chi connectivity index (χ0v) is 11.2. The van der Waals surface area contributed by atoms with Crippen molar-refractivity contribution in [2.45, 2.75) is 6.73 Å². The summed E-state index contributed by atoms with van der Waals surface area (Å²) in [5.41, 5.74) is 1.47. The molecule has 0 radical (unpaired) electrons. The van der Waals surface area contributed by atoms with Crippen molar-refractivity contribution >= 4 is 11.6 Å². The summed E-state index contributed by atoms with van der Waals surface area (Å²) in [5.74, 6) is 0.287. The molecule has 0 aliphatic heterocycles. The molecular weight excluding hydrogens is 274 g/mol. The highest BCUT2D eigenvalue weighted by Crippen LogP contribution is 2.18. The van der Waals surface area contributed by atoms with Crippen LogP contribution < -0.4 is 5.32 Å². The van der Waals surface area contributed by atoms with Crippen molar-refractivity contribution in [3.05, 3.63) is 42.5 Å². The SMILES string of the molecule is COCn1cc(NC(=O)c2cc(-c3ccco3)[nH]n2)cn1. The largest absolute Gasteiger partial charge is 0.463 e. The number of H-pyrrole nitrogens is 1. The Labute approximate surface area is 119 Å². The number of carbonyl (C=O) groups is 1. The van der Waals surface area contributed by atoms with Gasteiger partial charge in [0, 0.05) is 13.2 Å². The minimum Gasteiger partial charge on any atom is -0.463 e. The lowest BCUT2D eigenvalue weighted by Crippen LogP contribution is -2.11. The molecule has 3 rings (SSSR count). The van der Waals surface area contributed by atoms with Crippen molar-refractivity contribution < 1.29 is 13.9 Å². The Morgan fingerprint density at radius 1 is 1.57 bits per heavy atom. The van der Waals surface area contributed by atoms with Crippen LogP contribution in [-0.2, 0) is 11.5 Å². The number of rotatable bonds is 5. The quantitative estimate of drug-likeness (QED) is 0.744. The molecule has 3 aromatic rings. The number of furan rings is 1. The highest BCUT2D eigenvalue weighted by Gasteiger charge is 2.13. The van der Waals surface area contributed by atoms with Crippen molar-refractivity contribution in [3.8, 4) is 11.5 Å². The van der Waals surface area contributed by atoms with E-state index in [-0.39, 0.29) is 11.6 Å². The molecule has 0 aromatic carbocycles. The van der Waals surface area contributed by atoms with Gasteiger partial charge in [0.15, 0.2) is 11.5 Å². The van der Waals surface area contributed by atoms with E-state index in [1.54, 1.807) is 42.5 Å². The Morgan fingerprint density at radius 3 is 3.24 bits per heavy atom. The van der Waals surface area contributed by atoms with Crippen LogP contribution in [0.25, 0.3) is 11.5 Å². The van der Waals surface area contributed by atoms with Crippen LogP contribution in [0.15, 0.2) is 41.3 Å². The second-order valence-corrected chi connectivity index (χ2v) is 4.28. The van der Waals surface area contributed by atoms with Crippen molar-refractivity contribution in [2.75, 3.05) is 12.4 Å². The first-order valence-corrected chi connectivity index (χ1v) is 6.18. The summed E-state index contributed by atoms with van der Waals surface area (Å²) in [6.07, 6.45) is 4.76. The number of ether oxygens (including phenoxy) is 1. The average Bonchev–Trinajstić information content (AvgIpc) is 3.20. The van der Waals surface area contributed by atoms with E-state index in [1.807, 2.05) is 0 Å². The topological polar surface area (TPSA) is 98.0 Å². The molecule has 21 heavy (non-hydrogen) atoms. The predicted molar refractivity (Wildman–Crippen MR) is 73.5 cm³/mol. The minimum absolute atomic E-state index is 0.265. The smallest absolute Gasteiger partial charge is 0.276 e. The number of methoxy groups -OCH3 is 1. The van der Waals surface area contributed by atoms with E-state index in [0.29, 0.717) is 23.9 Å². The van der Waals surface area contributed by atoms with Gasteiger partial charge in [0.25, 0.3) is 5.91 Å². The van der Waals surface area contributed by atoms with E-state index in [4.69, 9.17) is 9.15 Å². The zero-order valence-electron chi connectivity index (χ0n) is 11.2. The van der Waals surface area contributed by atoms with E-state index in [0.717, 1.165) is 0 Å². The third kappa shape index (κ3) is 2.84. The third-order valence-electron chi connectivity index (χ3n) is 2.75. The maximum atomic E-state index is 12.1. The molecule has 1 amide bonds. The molecule has 108 valence electrons. The van der Waals surface area contributed by atoms with Gasteiger partial charge in [-0.3, -0.25) is 9.89 Å². The van der Waals surface area contributed by atoms with Gasteiger partial charge in [-0.1, -0.05) is 0 Å². The summed E-state index contributed by atoms with van der Waals surface area (Å²) in [6.45, 7) is 0.320. The summed E-state index contributed by atoms with van der Waals surface area (Å²) in [6, 6.07) is 5.16. The first-order chi connectivity index (χ1) is 10.3. The summed E-state index contributed by atoms with van der Waals surface area (Å²) in [7, 11) is 1.57. The van der Waals surface area contributed by atoms with Crippen LogP contribution in [0.4, 0.5) is 5.69 Å². The van der Waals surface area contributed by atoms with Crippen molar-refractivity contribution in [2.24, 2.45) is 0 Å². The fourth-order valence-electron chi connectivity index (χ4n) is 1.82. The normalized spacial score (nSPS) is 10.7. The van der Waals surface area contributed by atoms with E-state index in [9.17, 15) is 4.79 Å². The van der Waals surface area contributed by atoms with Gasteiger partial charge in [0.2, 0.25) is 0 Å². The van der Waals surface area contributed by atoms with Crippen molar-refractivity contribution in [1.29, 1.82) is 0 Å². The first-order valence-electron chi connectivity index (χ1n) is 6.18. The second-order valence-electron chi connectivity index (χ2n) is 4.28. The molecule has 0 aliphatic rings. The van der Waals surface area contributed by atoms with Crippen LogP contribution in [0.2, 0.25) is 0 Å². The van der Waals surface area contributed by atoms with Gasteiger partial charge in [-0.15, -0.1) is 0 Å². The van der Waals surface area contributed by atoms with Gasteiger partial charge >= 0.3 is 0 Å². The van der Waals surface area contributed by atoms with Gasteiger partial charge < -0.3 is 14.5 Å². The van der Waals surface area contributed by atoms with E-state index < -0.39 is 0 Å². The summed E-state index contributed by atoms with van der Waals surface area (Å²) in [4.78, 5) is 12.1. The maximum Gasteiger partial charge on any atom is 0.276 e. The maximum absolute atomic E-state index is 12.1. The molecular formula is C13H13N5O3. The highest BCUT2D eigenvalue weighted by molar-refractivity contribution is 6.03. The zero-order chi connectivity index (χ0) is 14.7. The molecule has 3 heterocycles. The third-order valence-corrected chi connectivity index (χ3v) is 2.75. The first kappa shape index (κ1) is 13.1. The molecule has 0 spiro atoms. The molecule has 3 aromatic heterocycles. The number of aromatic nitrogens is 4. The highest BCUT2D eigenvalue weighted by atomic mass is 16.5. The predicted octanol–water partition coefficient (Wildman–Crippen LogP) is 1.72. The number of nitrogens with one attached hydrogen (secondary N) is 2. The van der Waals surface area contributed by atoms with Crippen LogP contribution in [0, 0.1) is 0 Å². The lowest BCUT2D eigenvalue weighted by atomic mass is 10.3. The Kier molecular flexibility index (Phi) is 3.52. The standard InChI is InChI=1S/C13H13N5O3/c1-20-8-18-7-9(6-14-18)15-13(19)11-5-10(16-17-11)12-3-2-4-21-12/h2-7H,8H2,1H3,(H,15,19)(H,16,17). The fraction of sp³-hybridized carbons (Fsp3) is 0.154. The molecule has 2 N–H and O–H groups in total. The number of anilines is 1. The van der Waals surface area contributed by atoms with Crippen LogP contribution >= 0.6 is 0 Å². The van der Waals surface area contributed by atoms with Gasteiger partial charge in [-0.25, -0.2) is 4.68 Å². The molecule has 0 unspecified atom stereocenters. The van der Waals surface area contributed by atoms with Crippen molar-refractivity contribution in [3.63, 3.8) is 0 Å². The molecule has 0 aliphatic carbocycles. The van der Waals surface area contributed by atoms with Crippen LogP contribution in [0.1, 0.15) is 10.5 Å². The molecule has 8 heteroatoms. The van der Waals surface area contributed by atoms with Gasteiger partial charge in [-0.05, 0) is 12.1 Å². The molecule has 0 atom stereocenters. The van der Waals surface area contributed by atoms with Crippen LogP contribution in [-0.4, -0.2) is 33.0 Å². The lowest BCUT2D eigenvalue weighted by Gasteiger charge is -1.98. The number of hydrogen-bond donors (Lipinski definition) is 2. The van der Waals surface area contributed by atoms with E-state index >= 15 is 0 Å². The number of nitrogens with zero attached hydrogens (tertiary/aromatic N) is 3. The molecule has 0 bridgehead atoms. The Bertz CT molecular complexity index is 729. The number of aromatic amines is 1. The molecule has 8 nitrogen and oxygen atoms in total. The van der Waals surface area contributed by atoms with Crippen LogP contribution in [0.3, 0.4) is 0 Å². The Balaban J connectivity index is 1.70. The monoisotopic (exact) mass is 287 g/mol. The lowest BCUT2D eigenvalue weighted by molar-refractivity contribution is 0.102. The second kappa shape index (κ2) is 5.63. The Hall–Kier alpha value is -2.87. The van der Waals surface area contributed by atoms with E-state index in [2.05, 4.69) is 20.6 Å². The number of carbonyl (C=O) groups excluding carboxylic acids is 1. The minimum atomic E-state index is -0.332. The fourth-order valence-corrected chi connectivity index (χ4v) is 1.82. The number of hydrogen-bond acceptors (Lipinski definition) is 5. The Morgan fingerprint density at radius 2 is 2.48 bits per heavy atom. The van der Waals surface area contributed by atoms with Crippen LogP contribution in [0.5, 0.6) is 0 Å². The van der Waals surface area contributed by atoms with Gasteiger partial charge in [0.05, 0.1) is 24.3 Å². The number of amides is 1. The van der Waals surface area contributed by atoms with E-state index in [1.165, 1.54) is 6.20 Å². The summed E-state index contributed by atoms with van der Waals surface area (Å²) in [5, 5.41) is 13.5. The molecule has 0 saturated carbocycles.